The molecule has 0 aromatic heterocycles. The van der Waals surface area contributed by atoms with Crippen LogP contribution in [0.15, 0.2) is 36.4 Å². The highest BCUT2D eigenvalue weighted by Gasteiger charge is 2.50. The fraction of sp³-hybridized carbons (Fsp3) is 0.375. The molecule has 4 amide bonds. The number of likely N-dealkylation sites (tertiary alicyclic amines) is 1. The molecule has 0 saturated carbocycles. The van der Waals surface area contributed by atoms with Crippen LogP contribution in [0.3, 0.4) is 0 Å². The number of urea groups is 1. The van der Waals surface area contributed by atoms with Gasteiger partial charge in [-0.05, 0) is 55.2 Å². The van der Waals surface area contributed by atoms with E-state index in [0.717, 1.165) is 35.4 Å². The Hall–Kier alpha value is -3.69. The average molecular weight is 471 g/mol. The summed E-state index contributed by atoms with van der Waals surface area (Å²) >= 11 is 0. The lowest BCUT2D eigenvalue weighted by Gasteiger charge is -2.28. The molecule has 0 aliphatic carbocycles. The quantitative estimate of drug-likeness (QED) is 0.693. The molecule has 10 heteroatoms. The lowest BCUT2D eigenvalue weighted by Crippen LogP contribution is -2.44. The van der Waals surface area contributed by atoms with Crippen molar-refractivity contribution in [3.63, 3.8) is 0 Å². The molecular weight excluding hydrogens is 448 g/mol. The molecule has 2 atom stereocenters. The Kier molecular flexibility index (Phi) is 5.38. The van der Waals surface area contributed by atoms with Crippen LogP contribution >= 0.6 is 0 Å². The number of ether oxygens (including phenoxy) is 2. The first-order chi connectivity index (χ1) is 16.3. The van der Waals surface area contributed by atoms with Crippen LogP contribution in [-0.2, 0) is 15.1 Å². The predicted octanol–water partition coefficient (Wildman–Crippen LogP) is 2.87. The van der Waals surface area contributed by atoms with Crippen LogP contribution < -0.4 is 14.8 Å². The standard InChI is InChI=1S/C24H23F2N3O5/c1-24(15-5-6-16(25)17(26)12-15)22(31)29(23(32)27-24)13-21(30)28-8-2-3-18(28)14-4-7-19-20(11-14)34-10-9-33-19/h4-7,11-12,18H,2-3,8-10,13H2,1H3,(H,27,32)/t18-,24-/m0/s1. The zero-order valence-corrected chi connectivity index (χ0v) is 18.5. The molecule has 3 heterocycles. The number of carbonyl (C=O) groups excluding carboxylic acids is 3. The molecule has 34 heavy (non-hydrogen) atoms. The SMILES string of the molecule is C[C@@]1(c2ccc(F)c(F)c2)NC(=O)N(CC(=O)N2CCC[C@H]2c2ccc3c(c2)OCCO3)C1=O. The lowest BCUT2D eigenvalue weighted by atomic mass is 9.92. The van der Waals surface area contributed by atoms with E-state index in [1.807, 2.05) is 18.2 Å². The lowest BCUT2D eigenvalue weighted by molar-refractivity contribution is -0.139. The summed E-state index contributed by atoms with van der Waals surface area (Å²) < 4.78 is 38.3. The van der Waals surface area contributed by atoms with Crippen molar-refractivity contribution < 1.29 is 32.6 Å². The smallest absolute Gasteiger partial charge is 0.325 e. The van der Waals surface area contributed by atoms with Crippen LogP contribution in [0.4, 0.5) is 13.6 Å². The summed E-state index contributed by atoms with van der Waals surface area (Å²) in [5, 5.41) is 2.51. The van der Waals surface area contributed by atoms with Crippen LogP contribution in [0.1, 0.15) is 36.9 Å². The maximum Gasteiger partial charge on any atom is 0.325 e. The Morgan fingerprint density at radius 3 is 2.62 bits per heavy atom. The molecule has 5 rings (SSSR count). The Morgan fingerprint density at radius 2 is 1.85 bits per heavy atom. The number of fused-ring (bicyclic) bond motifs is 1. The van der Waals surface area contributed by atoms with E-state index < -0.39 is 35.7 Å². The number of hydrogen-bond acceptors (Lipinski definition) is 5. The number of halogens is 2. The number of rotatable bonds is 4. The number of imide groups is 1. The molecule has 0 radical (unpaired) electrons. The summed E-state index contributed by atoms with van der Waals surface area (Å²) in [6, 6.07) is 7.58. The maximum atomic E-state index is 13.8. The zero-order chi connectivity index (χ0) is 24.0. The van der Waals surface area contributed by atoms with E-state index >= 15 is 0 Å². The summed E-state index contributed by atoms with van der Waals surface area (Å²) in [7, 11) is 0. The van der Waals surface area contributed by atoms with E-state index in [1.54, 1.807) is 4.90 Å². The van der Waals surface area contributed by atoms with Gasteiger partial charge in [0.15, 0.2) is 23.1 Å². The van der Waals surface area contributed by atoms with E-state index in [4.69, 9.17) is 9.47 Å². The minimum atomic E-state index is -1.61. The fourth-order valence-corrected chi connectivity index (χ4v) is 4.75. The van der Waals surface area contributed by atoms with Crippen LogP contribution in [-0.4, -0.2) is 53.9 Å². The number of amides is 4. The van der Waals surface area contributed by atoms with Gasteiger partial charge < -0.3 is 19.7 Å². The minimum absolute atomic E-state index is 0.0926. The zero-order valence-electron chi connectivity index (χ0n) is 18.5. The molecule has 8 nitrogen and oxygen atoms in total. The first kappa shape index (κ1) is 22.1. The van der Waals surface area contributed by atoms with Crippen molar-refractivity contribution in [2.24, 2.45) is 0 Å². The average Bonchev–Trinajstić information content (AvgIpc) is 3.40. The molecule has 2 saturated heterocycles. The summed E-state index contributed by atoms with van der Waals surface area (Å²) in [4.78, 5) is 41.4. The Labute approximate surface area is 194 Å². The second kappa shape index (κ2) is 8.27. The number of nitrogens with one attached hydrogen (secondary N) is 1. The van der Waals surface area contributed by atoms with E-state index in [-0.39, 0.29) is 17.5 Å². The highest BCUT2D eigenvalue weighted by atomic mass is 19.2. The number of carbonyl (C=O) groups is 3. The second-order valence-electron chi connectivity index (χ2n) is 8.72. The van der Waals surface area contributed by atoms with Gasteiger partial charge >= 0.3 is 6.03 Å². The van der Waals surface area contributed by atoms with Crippen molar-refractivity contribution in [2.45, 2.75) is 31.3 Å². The van der Waals surface area contributed by atoms with Gasteiger partial charge in [-0.25, -0.2) is 13.6 Å². The third-order valence-electron chi connectivity index (χ3n) is 6.59. The largest absolute Gasteiger partial charge is 0.486 e. The predicted molar refractivity (Wildman–Crippen MR) is 115 cm³/mol. The van der Waals surface area contributed by atoms with Crippen molar-refractivity contribution in [1.82, 2.24) is 15.1 Å². The number of nitrogens with zero attached hydrogens (tertiary/aromatic N) is 2. The van der Waals surface area contributed by atoms with Crippen LogP contribution in [0, 0.1) is 11.6 Å². The molecule has 178 valence electrons. The Balaban J connectivity index is 1.34. The van der Waals surface area contributed by atoms with Crippen LogP contribution in [0.25, 0.3) is 0 Å². The van der Waals surface area contributed by atoms with Crippen molar-refractivity contribution in [3.05, 3.63) is 59.2 Å². The summed E-state index contributed by atoms with van der Waals surface area (Å²) in [5.41, 5.74) is -0.625. The fourth-order valence-electron chi connectivity index (χ4n) is 4.75. The van der Waals surface area contributed by atoms with E-state index in [0.29, 0.717) is 31.3 Å². The number of hydrogen-bond donors (Lipinski definition) is 1. The molecule has 0 spiro atoms. The highest BCUT2D eigenvalue weighted by Crippen LogP contribution is 2.38. The van der Waals surface area contributed by atoms with Gasteiger partial charge in [0.25, 0.3) is 5.91 Å². The van der Waals surface area contributed by atoms with Gasteiger partial charge in [-0.2, -0.15) is 0 Å². The van der Waals surface area contributed by atoms with Crippen molar-refractivity contribution >= 4 is 17.8 Å². The van der Waals surface area contributed by atoms with E-state index in [2.05, 4.69) is 5.32 Å². The molecule has 2 fully saturated rings. The molecule has 3 aliphatic rings. The van der Waals surface area contributed by atoms with Gasteiger partial charge in [-0.15, -0.1) is 0 Å². The first-order valence-electron chi connectivity index (χ1n) is 11.1. The summed E-state index contributed by atoms with van der Waals surface area (Å²) in [6.07, 6.45) is 1.51. The first-order valence-corrected chi connectivity index (χ1v) is 11.1. The molecule has 3 aliphatic heterocycles. The molecule has 1 N–H and O–H groups in total. The highest BCUT2D eigenvalue weighted by molar-refractivity contribution is 6.09. The molecular formula is C24H23F2N3O5. The van der Waals surface area contributed by atoms with Crippen molar-refractivity contribution in [3.8, 4) is 11.5 Å². The molecule has 0 bridgehead atoms. The molecule has 2 aromatic rings. The maximum absolute atomic E-state index is 13.8. The van der Waals surface area contributed by atoms with Gasteiger partial charge in [-0.3, -0.25) is 14.5 Å². The normalized spacial score (nSPS) is 23.9. The molecule has 2 aromatic carbocycles. The minimum Gasteiger partial charge on any atom is -0.486 e. The summed E-state index contributed by atoms with van der Waals surface area (Å²) in [6.45, 7) is 2.37. The molecule has 0 unspecified atom stereocenters. The van der Waals surface area contributed by atoms with Gasteiger partial charge in [-0.1, -0.05) is 12.1 Å². The summed E-state index contributed by atoms with van der Waals surface area (Å²) in [5.74, 6) is -1.99. The van der Waals surface area contributed by atoms with Gasteiger partial charge in [0.1, 0.15) is 25.3 Å². The van der Waals surface area contributed by atoms with E-state index in [9.17, 15) is 23.2 Å². The monoisotopic (exact) mass is 471 g/mol. The third kappa shape index (κ3) is 3.63. The topological polar surface area (TPSA) is 88.2 Å². The second-order valence-corrected chi connectivity index (χ2v) is 8.72. The number of benzene rings is 2. The Morgan fingerprint density at radius 1 is 1.09 bits per heavy atom. The van der Waals surface area contributed by atoms with Gasteiger partial charge in [0, 0.05) is 6.54 Å². The van der Waals surface area contributed by atoms with Crippen LogP contribution in [0.2, 0.25) is 0 Å². The van der Waals surface area contributed by atoms with E-state index in [1.165, 1.54) is 13.0 Å². The third-order valence-corrected chi connectivity index (χ3v) is 6.59. The van der Waals surface area contributed by atoms with Gasteiger partial charge in [0.2, 0.25) is 5.91 Å². The Bertz CT molecular complexity index is 1190. The van der Waals surface area contributed by atoms with Crippen molar-refractivity contribution in [2.75, 3.05) is 26.3 Å². The van der Waals surface area contributed by atoms with Gasteiger partial charge in [0.05, 0.1) is 6.04 Å². The van der Waals surface area contributed by atoms with Crippen molar-refractivity contribution in [1.29, 1.82) is 0 Å². The van der Waals surface area contributed by atoms with Crippen LogP contribution in [0.5, 0.6) is 11.5 Å².